The first-order chi connectivity index (χ1) is 9.84. The molecule has 0 amide bonds. The number of thiophene rings is 1. The van der Waals surface area contributed by atoms with Crippen LogP contribution in [0.1, 0.15) is 4.88 Å². The van der Waals surface area contributed by atoms with Crippen molar-refractivity contribution >= 4 is 11.3 Å². The molecule has 0 spiro atoms. The lowest BCUT2D eigenvalue weighted by atomic mass is 10.0. The van der Waals surface area contributed by atoms with E-state index in [0.29, 0.717) is 0 Å². The molecule has 2 aromatic heterocycles. The highest BCUT2D eigenvalue weighted by atomic mass is 32.1. The van der Waals surface area contributed by atoms with Crippen LogP contribution in [-0.2, 0) is 13.0 Å². The van der Waals surface area contributed by atoms with Gasteiger partial charge in [0.1, 0.15) is 0 Å². The Morgan fingerprint density at radius 2 is 1.80 bits per heavy atom. The van der Waals surface area contributed by atoms with E-state index in [1.807, 2.05) is 41.0 Å². The van der Waals surface area contributed by atoms with E-state index in [4.69, 9.17) is 0 Å². The molecule has 1 aromatic carbocycles. The van der Waals surface area contributed by atoms with Crippen LogP contribution >= 0.6 is 11.3 Å². The van der Waals surface area contributed by atoms with E-state index in [1.54, 1.807) is 11.3 Å². The van der Waals surface area contributed by atoms with E-state index in [2.05, 4.69) is 17.5 Å². The maximum Gasteiger partial charge on any atom is 0.258 e. The summed E-state index contributed by atoms with van der Waals surface area (Å²) in [6, 6.07) is 16.0. The standard InChI is InChI=1S/C17H13NOS/c19-17-13(12-4-2-1-3-5-12)6-7-15-14-9-11-20-16(14)8-10-18(15)17/h1-7,9,11H,8,10H2. The summed E-state index contributed by atoms with van der Waals surface area (Å²) in [5.41, 5.74) is 4.16. The lowest BCUT2D eigenvalue weighted by Crippen LogP contribution is -2.26. The average molecular weight is 279 g/mol. The summed E-state index contributed by atoms with van der Waals surface area (Å²) < 4.78 is 1.91. The molecule has 1 aliphatic rings. The van der Waals surface area contributed by atoms with Gasteiger partial charge in [-0.1, -0.05) is 30.3 Å². The van der Waals surface area contributed by atoms with Gasteiger partial charge in [-0.05, 0) is 29.1 Å². The molecule has 1 aliphatic heterocycles. The molecule has 0 saturated heterocycles. The molecule has 0 atom stereocenters. The van der Waals surface area contributed by atoms with Crippen molar-refractivity contribution in [3.05, 3.63) is 69.1 Å². The molecular formula is C17H13NOS. The molecule has 0 saturated carbocycles. The number of hydrogen-bond donors (Lipinski definition) is 0. The Balaban J connectivity index is 1.95. The van der Waals surface area contributed by atoms with Crippen LogP contribution in [-0.4, -0.2) is 4.57 Å². The van der Waals surface area contributed by atoms with Crippen molar-refractivity contribution in [2.45, 2.75) is 13.0 Å². The third-order valence-corrected chi connectivity index (χ3v) is 4.82. The Kier molecular flexibility index (Phi) is 2.60. The van der Waals surface area contributed by atoms with Gasteiger partial charge in [0.15, 0.2) is 0 Å². The zero-order valence-corrected chi connectivity index (χ0v) is 11.7. The largest absolute Gasteiger partial charge is 0.307 e. The predicted octanol–water partition coefficient (Wildman–Crippen LogP) is 3.80. The number of aryl methyl sites for hydroxylation is 1. The quantitative estimate of drug-likeness (QED) is 0.664. The zero-order valence-electron chi connectivity index (χ0n) is 10.9. The first kappa shape index (κ1) is 11.7. The predicted molar refractivity (Wildman–Crippen MR) is 83.2 cm³/mol. The fourth-order valence-electron chi connectivity index (χ4n) is 2.85. The summed E-state index contributed by atoms with van der Waals surface area (Å²) in [6.45, 7) is 0.780. The molecule has 3 heterocycles. The van der Waals surface area contributed by atoms with Crippen molar-refractivity contribution in [1.82, 2.24) is 4.57 Å². The molecule has 20 heavy (non-hydrogen) atoms. The van der Waals surface area contributed by atoms with E-state index in [-0.39, 0.29) is 5.56 Å². The van der Waals surface area contributed by atoms with Crippen LogP contribution in [0.5, 0.6) is 0 Å². The summed E-state index contributed by atoms with van der Waals surface area (Å²) in [5.74, 6) is 0. The molecule has 0 bridgehead atoms. The minimum atomic E-state index is 0.116. The van der Waals surface area contributed by atoms with Gasteiger partial charge in [-0.2, -0.15) is 0 Å². The fraction of sp³-hybridized carbons (Fsp3) is 0.118. The van der Waals surface area contributed by atoms with Crippen molar-refractivity contribution < 1.29 is 0 Å². The number of hydrogen-bond acceptors (Lipinski definition) is 2. The lowest BCUT2D eigenvalue weighted by Gasteiger charge is -2.19. The van der Waals surface area contributed by atoms with Crippen molar-refractivity contribution in [3.63, 3.8) is 0 Å². The van der Waals surface area contributed by atoms with Crippen LogP contribution in [0.4, 0.5) is 0 Å². The Hall–Kier alpha value is -2.13. The Bertz CT molecular complexity index is 830. The third kappa shape index (κ3) is 1.67. The van der Waals surface area contributed by atoms with Gasteiger partial charge in [0.2, 0.25) is 0 Å². The van der Waals surface area contributed by atoms with Crippen molar-refractivity contribution in [1.29, 1.82) is 0 Å². The summed E-state index contributed by atoms with van der Waals surface area (Å²) in [4.78, 5) is 14.1. The Labute approximate surface area is 121 Å². The van der Waals surface area contributed by atoms with Gasteiger partial charge < -0.3 is 4.57 Å². The average Bonchev–Trinajstić information content (AvgIpc) is 2.97. The molecule has 3 aromatic rings. The summed E-state index contributed by atoms with van der Waals surface area (Å²) >= 11 is 1.78. The highest BCUT2D eigenvalue weighted by Crippen LogP contribution is 2.32. The van der Waals surface area contributed by atoms with E-state index in [1.165, 1.54) is 10.4 Å². The first-order valence-electron chi connectivity index (χ1n) is 6.70. The van der Waals surface area contributed by atoms with Gasteiger partial charge in [0, 0.05) is 29.0 Å². The number of benzene rings is 1. The van der Waals surface area contributed by atoms with Crippen molar-refractivity contribution in [2.75, 3.05) is 0 Å². The van der Waals surface area contributed by atoms with Crippen LogP contribution in [0, 0.1) is 0 Å². The molecule has 98 valence electrons. The van der Waals surface area contributed by atoms with Gasteiger partial charge in [0.05, 0.1) is 5.69 Å². The zero-order chi connectivity index (χ0) is 13.5. The minimum Gasteiger partial charge on any atom is -0.307 e. The second-order valence-corrected chi connectivity index (χ2v) is 5.96. The highest BCUT2D eigenvalue weighted by Gasteiger charge is 2.19. The normalized spacial score (nSPS) is 12.8. The topological polar surface area (TPSA) is 22.0 Å². The van der Waals surface area contributed by atoms with Gasteiger partial charge in [0.25, 0.3) is 5.56 Å². The number of rotatable bonds is 1. The van der Waals surface area contributed by atoms with Gasteiger partial charge in [-0.3, -0.25) is 4.79 Å². The SMILES string of the molecule is O=c1c(-c2ccccc2)ccc2n1CCc1sccc1-2. The number of nitrogens with zero attached hydrogens (tertiary/aromatic N) is 1. The second-order valence-electron chi connectivity index (χ2n) is 4.96. The van der Waals surface area contributed by atoms with Gasteiger partial charge in [-0.25, -0.2) is 0 Å². The minimum absolute atomic E-state index is 0.116. The van der Waals surface area contributed by atoms with Crippen LogP contribution in [0.25, 0.3) is 22.4 Å². The molecule has 4 rings (SSSR count). The Morgan fingerprint density at radius 3 is 2.65 bits per heavy atom. The van der Waals surface area contributed by atoms with E-state index in [0.717, 1.165) is 29.8 Å². The second kappa shape index (κ2) is 4.46. The van der Waals surface area contributed by atoms with Crippen LogP contribution in [0.3, 0.4) is 0 Å². The van der Waals surface area contributed by atoms with Crippen molar-refractivity contribution in [2.24, 2.45) is 0 Å². The summed E-state index contributed by atoms with van der Waals surface area (Å²) in [6.07, 6.45) is 0.956. The Morgan fingerprint density at radius 1 is 0.950 bits per heavy atom. The molecule has 0 radical (unpaired) electrons. The van der Waals surface area contributed by atoms with E-state index >= 15 is 0 Å². The van der Waals surface area contributed by atoms with Gasteiger partial charge >= 0.3 is 0 Å². The first-order valence-corrected chi connectivity index (χ1v) is 7.58. The van der Waals surface area contributed by atoms with E-state index in [9.17, 15) is 4.79 Å². The molecule has 2 nitrogen and oxygen atoms in total. The maximum atomic E-state index is 12.7. The lowest BCUT2D eigenvalue weighted by molar-refractivity contribution is 0.667. The third-order valence-electron chi connectivity index (χ3n) is 3.84. The molecule has 3 heteroatoms. The molecule has 0 aliphatic carbocycles. The monoisotopic (exact) mass is 279 g/mol. The molecule has 0 N–H and O–H groups in total. The van der Waals surface area contributed by atoms with Crippen LogP contribution in [0.15, 0.2) is 58.7 Å². The molecule has 0 unspecified atom stereocenters. The fourth-order valence-corrected chi connectivity index (χ4v) is 3.73. The van der Waals surface area contributed by atoms with Crippen LogP contribution < -0.4 is 5.56 Å². The van der Waals surface area contributed by atoms with Crippen LogP contribution in [0.2, 0.25) is 0 Å². The number of pyridine rings is 1. The highest BCUT2D eigenvalue weighted by molar-refractivity contribution is 7.10. The molecular weight excluding hydrogens is 266 g/mol. The number of fused-ring (bicyclic) bond motifs is 3. The van der Waals surface area contributed by atoms with E-state index < -0.39 is 0 Å². The summed E-state index contributed by atoms with van der Waals surface area (Å²) in [7, 11) is 0. The van der Waals surface area contributed by atoms with Crippen molar-refractivity contribution in [3.8, 4) is 22.4 Å². The summed E-state index contributed by atoms with van der Waals surface area (Å²) in [5, 5.41) is 2.11. The smallest absolute Gasteiger partial charge is 0.258 e. The number of aromatic nitrogens is 1. The maximum absolute atomic E-state index is 12.7. The van der Waals surface area contributed by atoms with Gasteiger partial charge in [-0.15, -0.1) is 11.3 Å². The molecule has 0 fully saturated rings.